The number of anilines is 1. The van der Waals surface area contributed by atoms with Crippen LogP contribution < -0.4 is 10.6 Å². The molecular weight excluding hydrogens is 328 g/mol. The van der Waals surface area contributed by atoms with E-state index in [0.29, 0.717) is 29.8 Å². The summed E-state index contributed by atoms with van der Waals surface area (Å²) in [7, 11) is 0. The first-order valence-electron chi connectivity index (χ1n) is 8.35. The van der Waals surface area contributed by atoms with Crippen LogP contribution in [-0.2, 0) is 9.59 Å². The molecule has 0 bridgehead atoms. The van der Waals surface area contributed by atoms with Gasteiger partial charge in [0.15, 0.2) is 0 Å². The molecule has 2 rings (SSSR count). The van der Waals surface area contributed by atoms with Gasteiger partial charge in [-0.2, -0.15) is 0 Å². The van der Waals surface area contributed by atoms with E-state index in [-0.39, 0.29) is 17.7 Å². The maximum atomic E-state index is 12.3. The van der Waals surface area contributed by atoms with Crippen molar-refractivity contribution >= 4 is 29.2 Å². The van der Waals surface area contributed by atoms with Crippen molar-refractivity contribution in [2.24, 2.45) is 11.8 Å². The van der Waals surface area contributed by atoms with Crippen LogP contribution in [0.15, 0.2) is 18.3 Å². The van der Waals surface area contributed by atoms with E-state index in [9.17, 15) is 9.59 Å². The molecule has 1 aliphatic heterocycles. The van der Waals surface area contributed by atoms with Crippen molar-refractivity contribution < 1.29 is 9.59 Å². The first-order chi connectivity index (χ1) is 11.4. The highest BCUT2D eigenvalue weighted by molar-refractivity contribution is 6.30. The number of rotatable bonds is 6. The molecule has 132 valence electrons. The van der Waals surface area contributed by atoms with Crippen LogP contribution in [0.25, 0.3) is 0 Å². The Bertz CT molecular complexity index is 554. The number of carbonyl (C=O) groups excluding carboxylic acids is 2. The number of piperidine rings is 1. The van der Waals surface area contributed by atoms with Gasteiger partial charge in [0.1, 0.15) is 5.82 Å². The lowest BCUT2D eigenvalue weighted by molar-refractivity contribution is -0.123. The van der Waals surface area contributed by atoms with Crippen LogP contribution in [0, 0.1) is 11.8 Å². The average molecular weight is 353 g/mol. The van der Waals surface area contributed by atoms with Gasteiger partial charge in [-0.15, -0.1) is 0 Å². The fraction of sp³-hybridized carbons (Fsp3) is 0.588. The van der Waals surface area contributed by atoms with Crippen LogP contribution in [0.4, 0.5) is 5.82 Å². The monoisotopic (exact) mass is 352 g/mol. The van der Waals surface area contributed by atoms with Gasteiger partial charge in [0.25, 0.3) is 0 Å². The van der Waals surface area contributed by atoms with E-state index in [4.69, 9.17) is 11.6 Å². The zero-order chi connectivity index (χ0) is 17.5. The maximum absolute atomic E-state index is 12.3. The Morgan fingerprint density at radius 1 is 1.33 bits per heavy atom. The molecule has 6 nitrogen and oxygen atoms in total. The molecule has 1 aromatic heterocycles. The normalized spacial score (nSPS) is 16.2. The van der Waals surface area contributed by atoms with E-state index in [1.165, 1.54) is 6.20 Å². The molecule has 0 aromatic carbocycles. The third-order valence-corrected chi connectivity index (χ3v) is 4.24. The van der Waals surface area contributed by atoms with Crippen molar-refractivity contribution in [3.05, 3.63) is 23.4 Å². The number of nitrogens with zero attached hydrogens (tertiary/aromatic N) is 2. The molecule has 2 heterocycles. The van der Waals surface area contributed by atoms with Gasteiger partial charge in [-0.05, 0) is 44.0 Å². The maximum Gasteiger partial charge on any atom is 0.234 e. The van der Waals surface area contributed by atoms with E-state index in [0.717, 1.165) is 25.9 Å². The Labute approximate surface area is 148 Å². The minimum Gasteiger partial charge on any atom is -0.355 e. The second-order valence-corrected chi connectivity index (χ2v) is 7.04. The third kappa shape index (κ3) is 6.09. The second kappa shape index (κ2) is 8.99. The van der Waals surface area contributed by atoms with Crippen LogP contribution in [0.5, 0.6) is 0 Å². The number of pyridine rings is 1. The summed E-state index contributed by atoms with van der Waals surface area (Å²) >= 11 is 5.78. The number of likely N-dealkylation sites (tertiary alicyclic amines) is 1. The van der Waals surface area contributed by atoms with Gasteiger partial charge in [0.2, 0.25) is 11.8 Å². The first-order valence-corrected chi connectivity index (χ1v) is 8.73. The van der Waals surface area contributed by atoms with Crippen LogP contribution in [0.3, 0.4) is 0 Å². The zero-order valence-electron chi connectivity index (χ0n) is 14.2. The smallest absolute Gasteiger partial charge is 0.234 e. The Balaban J connectivity index is 1.72. The highest BCUT2D eigenvalue weighted by Crippen LogP contribution is 2.19. The largest absolute Gasteiger partial charge is 0.355 e. The highest BCUT2D eigenvalue weighted by atomic mass is 35.5. The molecule has 1 fully saturated rings. The molecule has 0 saturated carbocycles. The van der Waals surface area contributed by atoms with Gasteiger partial charge in [-0.1, -0.05) is 25.4 Å². The lowest BCUT2D eigenvalue weighted by Crippen LogP contribution is -2.44. The molecular formula is C17H25ClN4O2. The molecule has 0 unspecified atom stereocenters. The summed E-state index contributed by atoms with van der Waals surface area (Å²) in [6.07, 6.45) is 3.00. The summed E-state index contributed by atoms with van der Waals surface area (Å²) in [5.74, 6) is 0.952. The lowest BCUT2D eigenvalue weighted by atomic mass is 9.96. The zero-order valence-corrected chi connectivity index (χ0v) is 15.0. The summed E-state index contributed by atoms with van der Waals surface area (Å²) < 4.78 is 0. The Kier molecular flexibility index (Phi) is 6.99. The Morgan fingerprint density at radius 3 is 2.62 bits per heavy atom. The first kappa shape index (κ1) is 18.7. The van der Waals surface area contributed by atoms with Gasteiger partial charge in [-0.3, -0.25) is 14.5 Å². The number of nitrogens with one attached hydrogen (secondary N) is 2. The predicted octanol–water partition coefficient (Wildman–Crippen LogP) is 2.16. The number of hydrogen-bond donors (Lipinski definition) is 2. The molecule has 2 amide bonds. The van der Waals surface area contributed by atoms with Crippen molar-refractivity contribution in [2.45, 2.75) is 26.7 Å². The fourth-order valence-electron chi connectivity index (χ4n) is 2.61. The van der Waals surface area contributed by atoms with E-state index in [2.05, 4.69) is 34.4 Å². The molecule has 1 saturated heterocycles. The molecule has 0 radical (unpaired) electrons. The molecule has 0 aliphatic carbocycles. The highest BCUT2D eigenvalue weighted by Gasteiger charge is 2.26. The molecule has 0 atom stereocenters. The molecule has 1 aliphatic rings. The van der Waals surface area contributed by atoms with E-state index >= 15 is 0 Å². The van der Waals surface area contributed by atoms with Gasteiger partial charge in [0.05, 0.1) is 11.6 Å². The number of carbonyl (C=O) groups is 2. The average Bonchev–Trinajstić information content (AvgIpc) is 2.55. The summed E-state index contributed by atoms with van der Waals surface area (Å²) in [6, 6.07) is 3.39. The van der Waals surface area contributed by atoms with Crippen molar-refractivity contribution in [3.8, 4) is 0 Å². The van der Waals surface area contributed by atoms with E-state index in [1.807, 2.05) is 0 Å². The predicted molar refractivity (Wildman–Crippen MR) is 94.9 cm³/mol. The standard InChI is InChI=1S/C17H25ClN4O2/c1-12(2)9-20-16(23)11-22-7-5-13(6-8-22)17(24)21-15-4-3-14(18)10-19-15/h3-4,10,12-13H,5-9,11H2,1-2H3,(H,20,23)(H,19,21,24). The fourth-order valence-corrected chi connectivity index (χ4v) is 2.72. The summed E-state index contributed by atoms with van der Waals surface area (Å²) in [5.41, 5.74) is 0. The molecule has 0 spiro atoms. The second-order valence-electron chi connectivity index (χ2n) is 6.60. The van der Waals surface area contributed by atoms with Gasteiger partial charge in [0, 0.05) is 18.7 Å². The Hall–Kier alpha value is -1.66. The van der Waals surface area contributed by atoms with Crippen molar-refractivity contribution in [1.82, 2.24) is 15.2 Å². The van der Waals surface area contributed by atoms with Crippen molar-refractivity contribution in [1.29, 1.82) is 0 Å². The summed E-state index contributed by atoms with van der Waals surface area (Å²) in [6.45, 7) is 6.74. The van der Waals surface area contributed by atoms with Gasteiger partial charge in [-0.25, -0.2) is 4.98 Å². The molecule has 2 N–H and O–H groups in total. The number of halogens is 1. The minimum absolute atomic E-state index is 0.0197. The van der Waals surface area contributed by atoms with E-state index < -0.39 is 0 Å². The SMILES string of the molecule is CC(C)CNC(=O)CN1CCC(C(=O)Nc2ccc(Cl)cn2)CC1. The quantitative estimate of drug-likeness (QED) is 0.822. The molecule has 7 heteroatoms. The van der Waals surface area contributed by atoms with Gasteiger partial charge < -0.3 is 10.6 Å². The van der Waals surface area contributed by atoms with Crippen LogP contribution >= 0.6 is 11.6 Å². The molecule has 24 heavy (non-hydrogen) atoms. The van der Waals surface area contributed by atoms with Crippen molar-refractivity contribution in [3.63, 3.8) is 0 Å². The van der Waals surface area contributed by atoms with Crippen LogP contribution in [-0.4, -0.2) is 47.9 Å². The molecule has 1 aromatic rings. The Morgan fingerprint density at radius 2 is 2.04 bits per heavy atom. The summed E-state index contributed by atoms with van der Waals surface area (Å²) in [5, 5.41) is 6.28. The van der Waals surface area contributed by atoms with E-state index in [1.54, 1.807) is 12.1 Å². The topological polar surface area (TPSA) is 74.3 Å². The lowest BCUT2D eigenvalue weighted by Gasteiger charge is -2.30. The number of hydrogen-bond acceptors (Lipinski definition) is 4. The minimum atomic E-state index is -0.0440. The van der Waals surface area contributed by atoms with Gasteiger partial charge >= 0.3 is 0 Å². The third-order valence-electron chi connectivity index (χ3n) is 4.01. The van der Waals surface area contributed by atoms with Crippen LogP contribution in [0.1, 0.15) is 26.7 Å². The van der Waals surface area contributed by atoms with Crippen molar-refractivity contribution in [2.75, 3.05) is 31.5 Å². The van der Waals surface area contributed by atoms with Crippen LogP contribution in [0.2, 0.25) is 5.02 Å². The summed E-state index contributed by atoms with van der Waals surface area (Å²) in [4.78, 5) is 30.3. The number of amides is 2. The number of aromatic nitrogens is 1.